The smallest absolute Gasteiger partial charge is 0.0774 e. The van der Waals surface area contributed by atoms with Crippen molar-refractivity contribution in [3.8, 4) is 0 Å². The molecule has 0 aliphatic heterocycles. The third-order valence-electron chi connectivity index (χ3n) is 1.53. The highest BCUT2D eigenvalue weighted by molar-refractivity contribution is 9.10. The van der Waals surface area contributed by atoms with Gasteiger partial charge in [0.05, 0.1) is 12.5 Å². The number of thiophene rings is 2. The number of rotatable bonds is 2. The molecule has 0 unspecified atom stereocenters. The minimum Gasteiger partial charge on any atom is -0.391 e. The summed E-state index contributed by atoms with van der Waals surface area (Å²) >= 11 is 15.4. The zero-order valence-corrected chi connectivity index (χ0v) is 13.7. The van der Waals surface area contributed by atoms with Crippen LogP contribution in [0.5, 0.6) is 0 Å². The fraction of sp³-hybridized carbons (Fsp3) is 0.200. The van der Waals surface area contributed by atoms with Crippen molar-refractivity contribution in [2.24, 2.45) is 0 Å². The highest BCUT2D eigenvalue weighted by atomic mass is 79.9. The Labute approximate surface area is 124 Å². The van der Waals surface area contributed by atoms with Gasteiger partial charge >= 0.3 is 0 Å². The second-order valence-corrected chi connectivity index (χ2v) is 6.84. The van der Waals surface area contributed by atoms with E-state index in [2.05, 4.69) is 31.9 Å². The highest BCUT2D eigenvalue weighted by Crippen LogP contribution is 2.20. The lowest BCUT2D eigenvalue weighted by atomic mass is 10.5. The van der Waals surface area contributed by atoms with Gasteiger partial charge in [-0.25, -0.2) is 0 Å². The summed E-state index contributed by atoms with van der Waals surface area (Å²) in [5.41, 5.74) is 0. The molecule has 2 aromatic rings. The van der Waals surface area contributed by atoms with Gasteiger partial charge in [-0.2, -0.15) is 0 Å². The van der Waals surface area contributed by atoms with E-state index in [1.165, 1.54) is 4.88 Å². The summed E-state index contributed by atoms with van der Waals surface area (Å²) in [6.45, 7) is 0.149. The molecule has 0 amide bonds. The Morgan fingerprint density at radius 2 is 1.56 bits per heavy atom. The first-order chi connectivity index (χ1) is 7.65. The lowest BCUT2D eigenvalue weighted by Gasteiger charge is -1.79. The average Bonchev–Trinajstić information content (AvgIpc) is 2.88. The first-order valence-corrected chi connectivity index (χ1v) is 8.16. The predicted molar refractivity (Wildman–Crippen MR) is 79.5 cm³/mol. The second kappa shape index (κ2) is 7.84. The molecule has 0 aliphatic carbocycles. The Balaban J connectivity index is 0.000000160. The molecule has 16 heavy (non-hydrogen) atoms. The number of alkyl halides is 1. The van der Waals surface area contributed by atoms with Crippen LogP contribution in [0, 0.1) is 0 Å². The Morgan fingerprint density at radius 3 is 1.75 bits per heavy atom. The Bertz CT molecular complexity index is 388. The summed E-state index contributed by atoms with van der Waals surface area (Å²) in [4.78, 5) is 2.20. The summed E-state index contributed by atoms with van der Waals surface area (Å²) in [6.07, 6.45) is 0. The lowest BCUT2D eigenvalue weighted by Crippen LogP contribution is -1.70. The molecule has 0 bridgehead atoms. The molecule has 0 saturated carbocycles. The van der Waals surface area contributed by atoms with Gasteiger partial charge in [-0.1, -0.05) is 0 Å². The van der Waals surface area contributed by atoms with Gasteiger partial charge in [-0.3, -0.25) is 0 Å². The van der Waals surface area contributed by atoms with Crippen LogP contribution in [0.1, 0.15) is 9.75 Å². The first kappa shape index (κ1) is 14.7. The summed E-state index contributed by atoms with van der Waals surface area (Å²) in [5, 5.41) is 12.5. The van der Waals surface area contributed by atoms with Crippen LogP contribution in [-0.4, -0.2) is 5.11 Å². The van der Waals surface area contributed by atoms with Crippen LogP contribution in [0.3, 0.4) is 0 Å². The first-order valence-electron chi connectivity index (χ1n) is 4.28. The zero-order valence-electron chi connectivity index (χ0n) is 8.12. The normalized spacial score (nSPS) is 9.75. The molecule has 2 heterocycles. The molecule has 88 valence electrons. The maximum absolute atomic E-state index is 8.54. The molecular formula is C10H9Br2ClOS2. The molecule has 2 aromatic heterocycles. The van der Waals surface area contributed by atoms with Crippen molar-refractivity contribution in [3.63, 3.8) is 0 Å². The quantitative estimate of drug-likeness (QED) is 0.678. The zero-order chi connectivity index (χ0) is 12.0. The van der Waals surface area contributed by atoms with Crippen molar-refractivity contribution < 1.29 is 5.11 Å². The van der Waals surface area contributed by atoms with Gasteiger partial charge in [0, 0.05) is 29.5 Å². The number of halogens is 3. The molecule has 0 atom stereocenters. The monoisotopic (exact) mass is 402 g/mol. The van der Waals surface area contributed by atoms with Crippen LogP contribution >= 0.6 is 66.1 Å². The Hall–Kier alpha value is 0.610. The maximum Gasteiger partial charge on any atom is 0.0774 e. The van der Waals surface area contributed by atoms with E-state index in [1.807, 2.05) is 22.9 Å². The van der Waals surface area contributed by atoms with E-state index in [-0.39, 0.29) is 6.61 Å². The molecule has 1 N–H and O–H groups in total. The van der Waals surface area contributed by atoms with E-state index in [4.69, 9.17) is 16.7 Å². The van der Waals surface area contributed by atoms with Crippen LogP contribution in [0.25, 0.3) is 0 Å². The largest absolute Gasteiger partial charge is 0.391 e. The van der Waals surface area contributed by atoms with Gasteiger partial charge in [0.25, 0.3) is 0 Å². The maximum atomic E-state index is 8.54. The molecule has 0 spiro atoms. The number of hydrogen-bond donors (Lipinski definition) is 1. The van der Waals surface area contributed by atoms with Gasteiger partial charge in [-0.05, 0) is 44.0 Å². The molecule has 0 fully saturated rings. The lowest BCUT2D eigenvalue weighted by molar-refractivity contribution is 0.285. The summed E-state index contributed by atoms with van der Waals surface area (Å²) < 4.78 is 2.17. The molecule has 0 radical (unpaired) electrons. The summed E-state index contributed by atoms with van der Waals surface area (Å²) in [7, 11) is 0. The molecule has 0 aromatic carbocycles. The van der Waals surface area contributed by atoms with E-state index in [0.29, 0.717) is 5.88 Å². The van der Waals surface area contributed by atoms with Gasteiger partial charge in [0.15, 0.2) is 0 Å². The SMILES string of the molecule is ClCc1cc(Br)cs1.OCc1cc(Br)cs1. The Kier molecular flexibility index (Phi) is 7.19. The van der Waals surface area contributed by atoms with Crippen LogP contribution < -0.4 is 0 Å². The van der Waals surface area contributed by atoms with Crippen molar-refractivity contribution in [2.45, 2.75) is 12.5 Å². The van der Waals surface area contributed by atoms with Gasteiger partial charge in [0.2, 0.25) is 0 Å². The minimum absolute atomic E-state index is 0.149. The van der Waals surface area contributed by atoms with Crippen LogP contribution in [-0.2, 0) is 12.5 Å². The van der Waals surface area contributed by atoms with Crippen molar-refractivity contribution >= 4 is 66.1 Å². The summed E-state index contributed by atoms with van der Waals surface area (Å²) in [6, 6.07) is 3.93. The van der Waals surface area contributed by atoms with Crippen LogP contribution in [0.2, 0.25) is 0 Å². The molecule has 2 rings (SSSR count). The fourth-order valence-corrected chi connectivity index (χ4v) is 3.73. The predicted octanol–water partition coefficient (Wildman–Crippen LogP) is 5.25. The standard InChI is InChI=1S/C5H4BrClS.C5H5BrOS/c2*6-4-1-5(2-7)8-3-4/h1,3H,2H2;1,3,7H,2H2. The van der Waals surface area contributed by atoms with Gasteiger partial charge in [-0.15, -0.1) is 34.3 Å². The molecule has 0 aliphatic rings. The van der Waals surface area contributed by atoms with Crippen molar-refractivity contribution in [1.29, 1.82) is 0 Å². The minimum atomic E-state index is 0.149. The molecule has 0 saturated heterocycles. The van der Waals surface area contributed by atoms with Crippen LogP contribution in [0.15, 0.2) is 31.8 Å². The molecule has 1 nitrogen and oxygen atoms in total. The van der Waals surface area contributed by atoms with E-state index < -0.39 is 0 Å². The van der Waals surface area contributed by atoms with Crippen molar-refractivity contribution in [2.75, 3.05) is 0 Å². The molecular weight excluding hydrogens is 396 g/mol. The average molecular weight is 405 g/mol. The molecule has 6 heteroatoms. The van der Waals surface area contributed by atoms with E-state index in [1.54, 1.807) is 22.7 Å². The van der Waals surface area contributed by atoms with E-state index >= 15 is 0 Å². The topological polar surface area (TPSA) is 20.2 Å². The number of aliphatic hydroxyl groups is 1. The number of hydrogen-bond acceptors (Lipinski definition) is 3. The summed E-state index contributed by atoms with van der Waals surface area (Å²) in [5.74, 6) is 0.621. The van der Waals surface area contributed by atoms with Crippen molar-refractivity contribution in [3.05, 3.63) is 41.6 Å². The van der Waals surface area contributed by atoms with Crippen LogP contribution in [0.4, 0.5) is 0 Å². The fourth-order valence-electron chi connectivity index (χ4n) is 0.861. The number of aliphatic hydroxyl groups excluding tert-OH is 1. The van der Waals surface area contributed by atoms with Gasteiger partial charge in [0.1, 0.15) is 0 Å². The second-order valence-electron chi connectivity index (χ2n) is 2.75. The third-order valence-corrected chi connectivity index (χ3v) is 5.36. The Morgan fingerprint density at radius 1 is 1.06 bits per heavy atom. The van der Waals surface area contributed by atoms with E-state index in [0.717, 1.165) is 13.8 Å². The van der Waals surface area contributed by atoms with E-state index in [9.17, 15) is 0 Å². The van der Waals surface area contributed by atoms with Crippen molar-refractivity contribution in [1.82, 2.24) is 0 Å². The highest BCUT2D eigenvalue weighted by Gasteiger charge is 1.92. The third kappa shape index (κ3) is 5.29. The van der Waals surface area contributed by atoms with Gasteiger partial charge < -0.3 is 5.11 Å².